The summed E-state index contributed by atoms with van der Waals surface area (Å²) in [5.74, 6) is 5.55. The minimum absolute atomic E-state index is 0.0833. The molecule has 0 fully saturated rings. The van der Waals surface area contributed by atoms with Gasteiger partial charge in [-0.2, -0.15) is 5.10 Å². The Morgan fingerprint density at radius 3 is 2.84 bits per heavy atom. The number of rotatable bonds is 3. The summed E-state index contributed by atoms with van der Waals surface area (Å²) in [6, 6.07) is 13.7. The number of amides is 3. The quantitative estimate of drug-likeness (QED) is 0.320. The standard InChI is InChI=1S/C27H22N6O5/c1-32-22-14-18(26(35)37-2)9-11-23(22)38-16-21(25(32)34)31-27(36)30-19-6-3-5-17(13-19)8-10-20-15-28-24-7-4-12-29-33(20)24/h3-7,9,11-15,21H,16H2,1-2H3,(H2,30,31,36)/t21-/m0/s1. The number of carbonyl (C=O) groups excluding carboxylic acids is 3. The summed E-state index contributed by atoms with van der Waals surface area (Å²) in [5.41, 5.74) is 3.16. The fourth-order valence-corrected chi connectivity index (χ4v) is 3.90. The maximum Gasteiger partial charge on any atom is 0.337 e. The lowest BCUT2D eigenvalue weighted by molar-refractivity contribution is -0.120. The second kappa shape index (κ2) is 10.3. The van der Waals surface area contributed by atoms with Gasteiger partial charge in [0.15, 0.2) is 5.65 Å². The number of esters is 1. The number of ether oxygens (including phenoxy) is 2. The van der Waals surface area contributed by atoms with Gasteiger partial charge < -0.3 is 25.0 Å². The molecule has 2 aromatic heterocycles. The third-order valence-electron chi connectivity index (χ3n) is 5.81. The first kappa shape index (κ1) is 24.3. The van der Waals surface area contributed by atoms with Crippen LogP contribution in [0.3, 0.4) is 0 Å². The molecular weight excluding hydrogens is 488 g/mol. The van der Waals surface area contributed by atoms with Crippen LogP contribution in [0.5, 0.6) is 5.75 Å². The summed E-state index contributed by atoms with van der Waals surface area (Å²) in [7, 11) is 2.82. The van der Waals surface area contributed by atoms with E-state index in [1.807, 2.05) is 12.1 Å². The molecule has 0 spiro atoms. The van der Waals surface area contributed by atoms with Crippen LogP contribution in [0.25, 0.3) is 5.65 Å². The van der Waals surface area contributed by atoms with Crippen molar-refractivity contribution in [3.8, 4) is 17.6 Å². The van der Waals surface area contributed by atoms with E-state index in [1.165, 1.54) is 18.1 Å². The number of methoxy groups -OCH3 is 1. The zero-order valence-electron chi connectivity index (χ0n) is 20.5. The fraction of sp³-hybridized carbons (Fsp3) is 0.148. The van der Waals surface area contributed by atoms with Crippen molar-refractivity contribution in [3.05, 3.63) is 83.8 Å². The number of aromatic nitrogens is 3. The fourth-order valence-electron chi connectivity index (χ4n) is 3.90. The lowest BCUT2D eigenvalue weighted by Crippen LogP contribution is -2.50. The Hall–Kier alpha value is -5.37. The van der Waals surface area contributed by atoms with Crippen molar-refractivity contribution in [2.75, 3.05) is 31.0 Å². The van der Waals surface area contributed by atoms with Crippen LogP contribution in [0, 0.1) is 11.8 Å². The molecule has 0 aliphatic carbocycles. The Bertz CT molecular complexity index is 1620. The van der Waals surface area contributed by atoms with Crippen LogP contribution >= 0.6 is 0 Å². The lowest BCUT2D eigenvalue weighted by atomic mass is 10.1. The maximum absolute atomic E-state index is 13.0. The smallest absolute Gasteiger partial charge is 0.337 e. The van der Waals surface area contributed by atoms with Gasteiger partial charge in [0, 0.05) is 24.5 Å². The predicted octanol–water partition coefficient (Wildman–Crippen LogP) is 2.46. The number of benzene rings is 2. The van der Waals surface area contributed by atoms with Gasteiger partial charge >= 0.3 is 12.0 Å². The Labute approximate surface area is 217 Å². The molecule has 1 aliphatic heterocycles. The number of hydrogen-bond acceptors (Lipinski definition) is 7. The number of nitrogens with zero attached hydrogens (tertiary/aromatic N) is 4. The summed E-state index contributed by atoms with van der Waals surface area (Å²) < 4.78 is 12.1. The van der Waals surface area contributed by atoms with E-state index < -0.39 is 23.9 Å². The molecule has 3 heterocycles. The van der Waals surface area contributed by atoms with Gasteiger partial charge in [0.1, 0.15) is 24.1 Å². The normalized spacial score (nSPS) is 14.4. The van der Waals surface area contributed by atoms with E-state index in [1.54, 1.807) is 60.4 Å². The van der Waals surface area contributed by atoms with Gasteiger partial charge in [-0.25, -0.2) is 19.1 Å². The predicted molar refractivity (Wildman–Crippen MR) is 138 cm³/mol. The highest BCUT2D eigenvalue weighted by molar-refractivity contribution is 6.03. The van der Waals surface area contributed by atoms with Crippen LogP contribution in [-0.4, -0.2) is 59.3 Å². The molecule has 1 atom stereocenters. The first-order chi connectivity index (χ1) is 18.4. The summed E-state index contributed by atoms with van der Waals surface area (Å²) in [6.45, 7) is -0.0833. The van der Waals surface area contributed by atoms with Crippen molar-refractivity contribution in [1.29, 1.82) is 0 Å². The maximum atomic E-state index is 13.0. The molecule has 4 aromatic rings. The first-order valence-corrected chi connectivity index (χ1v) is 11.5. The Kier molecular flexibility index (Phi) is 6.61. The molecule has 1 aliphatic rings. The molecule has 0 saturated heterocycles. The van der Waals surface area contributed by atoms with Crippen LogP contribution in [0.15, 0.2) is 67.0 Å². The van der Waals surface area contributed by atoms with E-state index in [9.17, 15) is 14.4 Å². The number of carbonyl (C=O) groups is 3. The van der Waals surface area contributed by atoms with Crippen LogP contribution < -0.4 is 20.3 Å². The first-order valence-electron chi connectivity index (χ1n) is 11.5. The molecule has 3 amide bonds. The van der Waals surface area contributed by atoms with Gasteiger partial charge in [0.2, 0.25) is 0 Å². The number of urea groups is 1. The van der Waals surface area contributed by atoms with Crippen LogP contribution in [0.2, 0.25) is 0 Å². The molecule has 5 rings (SSSR count). The monoisotopic (exact) mass is 510 g/mol. The van der Waals surface area contributed by atoms with E-state index in [4.69, 9.17) is 9.47 Å². The highest BCUT2D eigenvalue weighted by atomic mass is 16.5. The number of likely N-dealkylation sites (N-methyl/N-ethyl adjacent to an activating group) is 1. The van der Waals surface area contributed by atoms with Crippen molar-refractivity contribution in [1.82, 2.24) is 19.9 Å². The topological polar surface area (TPSA) is 127 Å². The minimum atomic E-state index is -0.959. The second-order valence-corrected chi connectivity index (χ2v) is 8.30. The molecule has 0 unspecified atom stereocenters. The van der Waals surface area contributed by atoms with E-state index in [2.05, 4.69) is 32.6 Å². The molecule has 2 N–H and O–H groups in total. The van der Waals surface area contributed by atoms with E-state index in [-0.39, 0.29) is 12.2 Å². The number of anilines is 2. The van der Waals surface area contributed by atoms with Gasteiger partial charge in [-0.1, -0.05) is 12.0 Å². The highest BCUT2D eigenvalue weighted by Crippen LogP contribution is 2.32. The van der Waals surface area contributed by atoms with Crippen LogP contribution in [0.1, 0.15) is 21.6 Å². The summed E-state index contributed by atoms with van der Waals surface area (Å²) in [4.78, 5) is 43.3. The Morgan fingerprint density at radius 1 is 1.13 bits per heavy atom. The molecule has 11 nitrogen and oxygen atoms in total. The number of hydrogen-bond donors (Lipinski definition) is 2. The molecule has 11 heteroatoms. The van der Waals surface area contributed by atoms with E-state index >= 15 is 0 Å². The van der Waals surface area contributed by atoms with Crippen LogP contribution in [0.4, 0.5) is 16.2 Å². The van der Waals surface area contributed by atoms with Gasteiger partial charge in [-0.3, -0.25) is 4.79 Å². The third kappa shape index (κ3) is 4.96. The molecule has 0 saturated carbocycles. The van der Waals surface area contributed by atoms with E-state index in [0.717, 1.165) is 0 Å². The van der Waals surface area contributed by atoms with Gasteiger partial charge in [-0.05, 0) is 54.5 Å². The zero-order valence-corrected chi connectivity index (χ0v) is 20.5. The molecule has 0 radical (unpaired) electrons. The summed E-state index contributed by atoms with van der Waals surface area (Å²) in [5, 5.41) is 9.61. The number of nitrogens with one attached hydrogen (secondary N) is 2. The average Bonchev–Trinajstić information content (AvgIpc) is 3.31. The van der Waals surface area contributed by atoms with Crippen molar-refractivity contribution >= 4 is 34.9 Å². The van der Waals surface area contributed by atoms with Crippen LogP contribution in [-0.2, 0) is 9.53 Å². The minimum Gasteiger partial charge on any atom is -0.489 e. The van der Waals surface area contributed by atoms with Crippen molar-refractivity contribution in [2.45, 2.75) is 6.04 Å². The number of imidazole rings is 1. The van der Waals surface area contributed by atoms with Gasteiger partial charge in [0.25, 0.3) is 5.91 Å². The molecule has 38 heavy (non-hydrogen) atoms. The Morgan fingerprint density at radius 2 is 2.00 bits per heavy atom. The average molecular weight is 511 g/mol. The Balaban J connectivity index is 1.26. The molecule has 2 aromatic carbocycles. The summed E-state index contributed by atoms with van der Waals surface area (Å²) >= 11 is 0. The molecule has 190 valence electrons. The van der Waals surface area contributed by atoms with Crippen molar-refractivity contribution in [2.24, 2.45) is 0 Å². The van der Waals surface area contributed by atoms with Crippen molar-refractivity contribution < 1.29 is 23.9 Å². The molecular formula is C27H22N6O5. The summed E-state index contributed by atoms with van der Waals surface area (Å²) in [6.07, 6.45) is 3.30. The zero-order chi connectivity index (χ0) is 26.6. The second-order valence-electron chi connectivity index (χ2n) is 8.30. The number of fused-ring (bicyclic) bond motifs is 2. The van der Waals surface area contributed by atoms with Gasteiger partial charge in [0.05, 0.1) is 24.6 Å². The lowest BCUT2D eigenvalue weighted by Gasteiger charge is -2.21. The van der Waals surface area contributed by atoms with Crippen molar-refractivity contribution in [3.63, 3.8) is 0 Å². The van der Waals surface area contributed by atoms with Gasteiger partial charge in [-0.15, -0.1) is 0 Å². The van der Waals surface area contributed by atoms with E-state index in [0.29, 0.717) is 34.0 Å². The highest BCUT2D eigenvalue weighted by Gasteiger charge is 2.31. The largest absolute Gasteiger partial charge is 0.489 e. The molecule has 0 bridgehead atoms. The SMILES string of the molecule is COC(=O)c1ccc2c(c1)N(C)C(=O)[C@@H](NC(=O)Nc1cccc(C#Cc3cnc4cccnn34)c1)CO2. The third-order valence-corrected chi connectivity index (χ3v) is 5.81.